The van der Waals surface area contributed by atoms with Crippen molar-refractivity contribution in [1.82, 2.24) is 0 Å². The number of amides is 2. The van der Waals surface area contributed by atoms with Gasteiger partial charge in [0.25, 0.3) is 0 Å². The summed E-state index contributed by atoms with van der Waals surface area (Å²) in [7, 11) is 0. The van der Waals surface area contributed by atoms with Crippen LogP contribution in [-0.4, -0.2) is 24.4 Å². The van der Waals surface area contributed by atoms with Gasteiger partial charge >= 0.3 is 0 Å². The minimum Gasteiger partial charge on any atom is -0.374 e. The fourth-order valence-electron chi connectivity index (χ4n) is 3.32. The maximum Gasteiger partial charge on any atom is 0.249 e. The summed E-state index contributed by atoms with van der Waals surface area (Å²) < 4.78 is 0. The van der Waals surface area contributed by atoms with Crippen molar-refractivity contribution in [3.63, 3.8) is 0 Å². The number of anilines is 3. The smallest absolute Gasteiger partial charge is 0.249 e. The maximum atomic E-state index is 12.7. The van der Waals surface area contributed by atoms with Crippen LogP contribution in [-0.2, 0) is 16.0 Å². The van der Waals surface area contributed by atoms with Crippen molar-refractivity contribution >= 4 is 28.9 Å². The molecule has 5 nitrogen and oxygen atoms in total. The molecule has 2 N–H and O–H groups in total. The van der Waals surface area contributed by atoms with E-state index in [2.05, 4.69) is 10.6 Å². The molecule has 2 aromatic carbocycles. The summed E-state index contributed by atoms with van der Waals surface area (Å²) in [5, 5.41) is 6.13. The molecule has 24 heavy (non-hydrogen) atoms. The van der Waals surface area contributed by atoms with E-state index in [0.29, 0.717) is 13.0 Å². The molecule has 0 spiro atoms. The van der Waals surface area contributed by atoms with Gasteiger partial charge in [0, 0.05) is 23.6 Å². The lowest BCUT2D eigenvalue weighted by Gasteiger charge is -2.18. The number of aryl methyl sites for hydroxylation is 1. The van der Waals surface area contributed by atoms with Crippen molar-refractivity contribution in [3.05, 3.63) is 53.6 Å². The molecule has 5 heteroatoms. The number of nitrogens with zero attached hydrogens (tertiary/aromatic N) is 1. The van der Waals surface area contributed by atoms with Crippen LogP contribution in [0.15, 0.2) is 42.5 Å². The molecule has 2 aromatic rings. The molecule has 0 radical (unpaired) electrons. The molecule has 2 heterocycles. The number of carbonyl (C=O) groups is 2. The lowest BCUT2D eigenvalue weighted by molar-refractivity contribution is -0.117. The number of benzene rings is 2. The predicted molar refractivity (Wildman–Crippen MR) is 94.3 cm³/mol. The van der Waals surface area contributed by atoms with Crippen LogP contribution in [0.25, 0.3) is 0 Å². The molecular formula is C19H19N3O2. The average Bonchev–Trinajstić information content (AvgIpc) is 3.11. The third kappa shape index (κ3) is 2.62. The number of fused-ring (bicyclic) bond motifs is 1. The zero-order chi connectivity index (χ0) is 16.7. The van der Waals surface area contributed by atoms with Crippen LogP contribution in [0.4, 0.5) is 17.1 Å². The first-order valence-corrected chi connectivity index (χ1v) is 8.17. The molecule has 1 fully saturated rings. The Morgan fingerprint density at radius 2 is 1.92 bits per heavy atom. The second-order valence-corrected chi connectivity index (χ2v) is 6.41. The van der Waals surface area contributed by atoms with Crippen LogP contribution in [0.3, 0.4) is 0 Å². The monoisotopic (exact) mass is 321 g/mol. The number of hydrogen-bond acceptors (Lipinski definition) is 3. The Morgan fingerprint density at radius 1 is 1.12 bits per heavy atom. The third-order valence-corrected chi connectivity index (χ3v) is 4.62. The lowest BCUT2D eigenvalue weighted by Crippen LogP contribution is -2.33. The number of hydrogen-bond donors (Lipinski definition) is 2. The highest BCUT2D eigenvalue weighted by Gasteiger charge is 2.32. The molecule has 1 saturated heterocycles. The van der Waals surface area contributed by atoms with Crippen LogP contribution >= 0.6 is 0 Å². The van der Waals surface area contributed by atoms with Crippen molar-refractivity contribution in [3.8, 4) is 0 Å². The zero-order valence-electron chi connectivity index (χ0n) is 13.5. The van der Waals surface area contributed by atoms with Gasteiger partial charge in [-0.3, -0.25) is 9.59 Å². The minimum atomic E-state index is -0.227. The Bertz CT molecular complexity index is 814. The van der Waals surface area contributed by atoms with E-state index < -0.39 is 0 Å². The quantitative estimate of drug-likeness (QED) is 0.914. The highest BCUT2D eigenvalue weighted by molar-refractivity contribution is 6.02. The summed E-state index contributed by atoms with van der Waals surface area (Å²) in [6.07, 6.45) is 1.17. The van der Waals surface area contributed by atoms with Crippen molar-refractivity contribution in [2.45, 2.75) is 25.8 Å². The first-order chi connectivity index (χ1) is 11.6. The van der Waals surface area contributed by atoms with Gasteiger partial charge in [-0.05, 0) is 49.2 Å². The van der Waals surface area contributed by atoms with Gasteiger partial charge in [-0.2, -0.15) is 0 Å². The summed E-state index contributed by atoms with van der Waals surface area (Å²) >= 11 is 0. The first-order valence-electron chi connectivity index (χ1n) is 8.17. The van der Waals surface area contributed by atoms with Gasteiger partial charge in [-0.15, -0.1) is 0 Å². The van der Waals surface area contributed by atoms with E-state index in [9.17, 15) is 9.59 Å². The Kier molecular flexibility index (Phi) is 3.49. The Morgan fingerprint density at radius 3 is 2.71 bits per heavy atom. The van der Waals surface area contributed by atoms with Gasteiger partial charge in [0.2, 0.25) is 11.8 Å². The lowest BCUT2D eigenvalue weighted by atomic mass is 10.1. The second-order valence-electron chi connectivity index (χ2n) is 6.41. The normalized spacial score (nSPS) is 19.4. The summed E-state index contributed by atoms with van der Waals surface area (Å²) in [6.45, 7) is 2.75. The second kappa shape index (κ2) is 5.67. The largest absolute Gasteiger partial charge is 0.374 e. The molecule has 0 saturated carbocycles. The van der Waals surface area contributed by atoms with Gasteiger partial charge in [0.1, 0.15) is 6.04 Å². The molecule has 2 aliphatic rings. The minimum absolute atomic E-state index is 0.0182. The molecule has 2 aliphatic heterocycles. The van der Waals surface area contributed by atoms with Gasteiger partial charge in [0.15, 0.2) is 0 Å². The fraction of sp³-hybridized carbons (Fsp3) is 0.263. The number of carbonyl (C=O) groups excluding carboxylic acids is 2. The van der Waals surface area contributed by atoms with Crippen LogP contribution in [0.1, 0.15) is 17.5 Å². The van der Waals surface area contributed by atoms with E-state index in [0.717, 1.165) is 29.0 Å². The van der Waals surface area contributed by atoms with Crippen LogP contribution < -0.4 is 15.5 Å². The van der Waals surface area contributed by atoms with Crippen LogP contribution in [0.5, 0.6) is 0 Å². The highest BCUT2D eigenvalue weighted by Crippen LogP contribution is 2.28. The van der Waals surface area contributed by atoms with Crippen molar-refractivity contribution in [2.24, 2.45) is 0 Å². The first kappa shape index (κ1) is 14.8. The summed E-state index contributed by atoms with van der Waals surface area (Å²) in [6, 6.07) is 13.5. The Labute approximate surface area is 140 Å². The topological polar surface area (TPSA) is 61.4 Å². The van der Waals surface area contributed by atoms with E-state index in [1.54, 1.807) is 0 Å². The predicted octanol–water partition coefficient (Wildman–Crippen LogP) is 2.71. The summed E-state index contributed by atoms with van der Waals surface area (Å²) in [4.78, 5) is 25.9. The van der Waals surface area contributed by atoms with E-state index in [1.807, 2.05) is 54.3 Å². The van der Waals surface area contributed by atoms with E-state index in [-0.39, 0.29) is 17.9 Å². The standard InChI is InChI=1S/C19H19N3O2/c1-12-2-5-15(6-3-12)22-9-8-17(19(22)24)20-14-4-7-16-13(10-14)11-18(23)21-16/h2-7,10,17,20H,8-9,11H2,1H3,(H,21,23)/t17-/m1/s1. The Hall–Kier alpha value is -2.82. The summed E-state index contributed by atoms with van der Waals surface area (Å²) in [5.41, 5.74) is 4.85. The van der Waals surface area contributed by atoms with Crippen molar-refractivity contribution in [1.29, 1.82) is 0 Å². The maximum absolute atomic E-state index is 12.7. The van der Waals surface area contributed by atoms with Crippen molar-refractivity contribution < 1.29 is 9.59 Å². The molecule has 2 amide bonds. The van der Waals surface area contributed by atoms with Gasteiger partial charge in [-0.25, -0.2) is 0 Å². The van der Waals surface area contributed by atoms with Gasteiger partial charge in [0.05, 0.1) is 6.42 Å². The molecule has 122 valence electrons. The van der Waals surface area contributed by atoms with E-state index in [4.69, 9.17) is 0 Å². The number of nitrogens with one attached hydrogen (secondary N) is 2. The highest BCUT2D eigenvalue weighted by atomic mass is 16.2. The zero-order valence-corrected chi connectivity index (χ0v) is 13.5. The fourth-order valence-corrected chi connectivity index (χ4v) is 3.32. The molecule has 0 unspecified atom stereocenters. The molecule has 1 atom stereocenters. The number of rotatable bonds is 3. The van der Waals surface area contributed by atoms with Gasteiger partial charge in [-0.1, -0.05) is 17.7 Å². The summed E-state index contributed by atoms with van der Waals surface area (Å²) in [5.74, 6) is 0.109. The Balaban J connectivity index is 1.48. The third-order valence-electron chi connectivity index (χ3n) is 4.62. The molecule has 0 aromatic heterocycles. The molecule has 0 bridgehead atoms. The van der Waals surface area contributed by atoms with Crippen molar-refractivity contribution in [2.75, 3.05) is 22.1 Å². The molecule has 0 aliphatic carbocycles. The molecular weight excluding hydrogens is 302 g/mol. The average molecular weight is 321 g/mol. The van der Waals surface area contributed by atoms with E-state index >= 15 is 0 Å². The SMILES string of the molecule is Cc1ccc(N2CC[C@@H](Nc3ccc4c(c3)CC(=O)N4)C2=O)cc1. The van der Waals surface area contributed by atoms with E-state index in [1.165, 1.54) is 5.56 Å². The molecule has 4 rings (SSSR count). The van der Waals surface area contributed by atoms with Gasteiger partial charge < -0.3 is 15.5 Å². The van der Waals surface area contributed by atoms with Crippen LogP contribution in [0.2, 0.25) is 0 Å². The van der Waals surface area contributed by atoms with Crippen LogP contribution in [0, 0.1) is 6.92 Å².